The summed E-state index contributed by atoms with van der Waals surface area (Å²) in [7, 11) is -1.86. The number of benzene rings is 1. The molecule has 0 saturated carbocycles. The van der Waals surface area contributed by atoms with Crippen molar-refractivity contribution in [3.8, 4) is 0 Å². The third-order valence-electron chi connectivity index (χ3n) is 5.37. The first-order chi connectivity index (χ1) is 11.6. The smallest absolute Gasteiger partial charge is 0.192 e. The van der Waals surface area contributed by atoms with Crippen LogP contribution in [0.5, 0.6) is 0 Å². The highest BCUT2D eigenvalue weighted by atomic mass is 28.4. The minimum atomic E-state index is -1.86. The predicted molar refractivity (Wildman–Crippen MR) is 93.0 cm³/mol. The number of aliphatic hydroxyl groups excluding tert-OH is 1. The van der Waals surface area contributed by atoms with Crippen molar-refractivity contribution in [2.75, 3.05) is 6.61 Å². The lowest BCUT2D eigenvalue weighted by molar-refractivity contribution is -0.252. The van der Waals surface area contributed by atoms with Crippen molar-refractivity contribution in [3.05, 3.63) is 35.9 Å². The summed E-state index contributed by atoms with van der Waals surface area (Å²) in [6.07, 6.45) is -2.39. The van der Waals surface area contributed by atoms with Crippen LogP contribution in [0.25, 0.3) is 0 Å². The monoisotopic (exact) mass is 352 g/mol. The zero-order valence-electron chi connectivity index (χ0n) is 14.7. The molecule has 3 rings (SSSR count). The van der Waals surface area contributed by atoms with Gasteiger partial charge < -0.3 is 23.7 Å². The second-order valence-corrected chi connectivity index (χ2v) is 11.3. The number of rotatable bonds is 6. The lowest BCUT2D eigenvalue weighted by atomic mass is 10.1. The molecule has 5 nitrogen and oxygen atoms in total. The molecule has 0 amide bonds. The standard InChI is InChI=1S/C18H28O5Si/c1-4-24(5-2,6-3)23-16-15-14(21-17(16)19)12-20-18(22-15)13-10-8-7-9-11-13/h7-11,14-19H,4-6,12H2,1-3H3/t14-,15+,16+,17?,18+/m1/s1. The topological polar surface area (TPSA) is 57.2 Å². The number of hydrogen-bond donors (Lipinski definition) is 1. The first-order valence-electron chi connectivity index (χ1n) is 8.95. The molecule has 1 unspecified atom stereocenters. The van der Waals surface area contributed by atoms with Gasteiger partial charge in [0.15, 0.2) is 20.9 Å². The van der Waals surface area contributed by atoms with Crippen LogP contribution in [0.4, 0.5) is 0 Å². The van der Waals surface area contributed by atoms with Gasteiger partial charge in [-0.2, -0.15) is 0 Å². The van der Waals surface area contributed by atoms with Gasteiger partial charge in [0.2, 0.25) is 0 Å². The van der Waals surface area contributed by atoms with Crippen LogP contribution in [0.1, 0.15) is 32.6 Å². The number of aliphatic hydroxyl groups is 1. The molecule has 2 aliphatic heterocycles. The molecular formula is C18H28O5Si. The van der Waals surface area contributed by atoms with Crippen molar-refractivity contribution in [2.24, 2.45) is 0 Å². The van der Waals surface area contributed by atoms with E-state index in [0.717, 1.165) is 23.7 Å². The van der Waals surface area contributed by atoms with Crippen molar-refractivity contribution in [2.45, 2.75) is 69.8 Å². The van der Waals surface area contributed by atoms with Gasteiger partial charge in [0.05, 0.1) is 6.61 Å². The molecule has 1 aromatic carbocycles. The Labute approximate surface area is 145 Å². The SMILES string of the molecule is CC[Si](CC)(CC)O[C@@H]1C(O)O[C@@H]2CO[C@H](c3ccccc3)O[C@H]12. The fraction of sp³-hybridized carbons (Fsp3) is 0.667. The summed E-state index contributed by atoms with van der Waals surface area (Å²) in [5, 5.41) is 10.4. The maximum Gasteiger partial charge on any atom is 0.192 e. The van der Waals surface area contributed by atoms with Crippen LogP contribution in [0.15, 0.2) is 30.3 Å². The van der Waals surface area contributed by atoms with Crippen LogP contribution in [-0.4, -0.2) is 44.6 Å². The normalized spacial score (nSPS) is 33.4. The largest absolute Gasteiger partial charge is 0.406 e. The first kappa shape index (κ1) is 18.0. The van der Waals surface area contributed by atoms with E-state index in [0.29, 0.717) is 6.61 Å². The minimum absolute atomic E-state index is 0.276. The maximum atomic E-state index is 10.4. The maximum absolute atomic E-state index is 10.4. The summed E-state index contributed by atoms with van der Waals surface area (Å²) < 4.78 is 24.1. The molecule has 0 aliphatic carbocycles. The van der Waals surface area contributed by atoms with E-state index < -0.39 is 27.0 Å². The van der Waals surface area contributed by atoms with Crippen LogP contribution in [0, 0.1) is 0 Å². The molecule has 24 heavy (non-hydrogen) atoms. The Kier molecular flexibility index (Phi) is 5.74. The van der Waals surface area contributed by atoms with E-state index in [2.05, 4.69) is 20.8 Å². The van der Waals surface area contributed by atoms with Gasteiger partial charge in [-0.05, 0) is 18.1 Å². The molecule has 6 heteroatoms. The molecule has 5 atom stereocenters. The molecule has 0 aromatic heterocycles. The van der Waals surface area contributed by atoms with E-state index in [1.807, 2.05) is 30.3 Å². The lowest BCUT2D eigenvalue weighted by Crippen LogP contribution is -2.50. The van der Waals surface area contributed by atoms with Crippen molar-refractivity contribution in [3.63, 3.8) is 0 Å². The lowest BCUT2D eigenvalue weighted by Gasteiger charge is -2.37. The fourth-order valence-electron chi connectivity index (χ4n) is 3.57. The van der Waals surface area contributed by atoms with Crippen molar-refractivity contribution >= 4 is 8.32 Å². The van der Waals surface area contributed by atoms with Gasteiger partial charge in [0.1, 0.15) is 18.3 Å². The molecule has 2 saturated heterocycles. The van der Waals surface area contributed by atoms with Crippen molar-refractivity contribution < 1.29 is 23.7 Å². The van der Waals surface area contributed by atoms with Gasteiger partial charge in [-0.3, -0.25) is 0 Å². The van der Waals surface area contributed by atoms with E-state index in [4.69, 9.17) is 18.6 Å². The average Bonchev–Trinajstić information content (AvgIpc) is 2.95. The molecule has 134 valence electrons. The zero-order chi connectivity index (χ0) is 17.2. The molecule has 2 fully saturated rings. The number of hydrogen-bond acceptors (Lipinski definition) is 5. The molecular weight excluding hydrogens is 324 g/mol. The van der Waals surface area contributed by atoms with Gasteiger partial charge in [0.25, 0.3) is 0 Å². The van der Waals surface area contributed by atoms with E-state index in [1.54, 1.807) is 0 Å². The van der Waals surface area contributed by atoms with Gasteiger partial charge in [-0.1, -0.05) is 51.1 Å². The van der Waals surface area contributed by atoms with Gasteiger partial charge in [0, 0.05) is 5.56 Å². The van der Waals surface area contributed by atoms with Crippen LogP contribution in [-0.2, 0) is 18.6 Å². The van der Waals surface area contributed by atoms with Gasteiger partial charge >= 0.3 is 0 Å². The number of ether oxygens (including phenoxy) is 3. The predicted octanol–water partition coefficient (Wildman–Crippen LogP) is 3.21. The van der Waals surface area contributed by atoms with E-state index in [1.165, 1.54) is 0 Å². The van der Waals surface area contributed by atoms with E-state index in [-0.39, 0.29) is 12.2 Å². The van der Waals surface area contributed by atoms with Crippen LogP contribution < -0.4 is 0 Å². The summed E-state index contributed by atoms with van der Waals surface area (Å²) in [6, 6.07) is 12.9. The molecule has 0 radical (unpaired) electrons. The Morgan fingerprint density at radius 1 is 1.08 bits per heavy atom. The fourth-order valence-corrected chi connectivity index (χ4v) is 6.40. The highest BCUT2D eigenvalue weighted by Crippen LogP contribution is 2.38. The highest BCUT2D eigenvalue weighted by Gasteiger charge is 2.51. The summed E-state index contributed by atoms with van der Waals surface area (Å²) >= 11 is 0. The second-order valence-electron chi connectivity index (χ2n) is 6.57. The van der Waals surface area contributed by atoms with Crippen molar-refractivity contribution in [1.82, 2.24) is 0 Å². The summed E-state index contributed by atoms with van der Waals surface area (Å²) in [4.78, 5) is 0. The van der Waals surface area contributed by atoms with Gasteiger partial charge in [-0.25, -0.2) is 0 Å². The Balaban J connectivity index is 1.76. The summed E-state index contributed by atoms with van der Waals surface area (Å²) in [5.41, 5.74) is 0.973. The zero-order valence-corrected chi connectivity index (χ0v) is 15.7. The Hall–Kier alpha value is -0.763. The summed E-state index contributed by atoms with van der Waals surface area (Å²) in [5.74, 6) is 0. The third kappa shape index (κ3) is 3.45. The van der Waals surface area contributed by atoms with Gasteiger partial charge in [-0.15, -0.1) is 0 Å². The molecule has 0 spiro atoms. The van der Waals surface area contributed by atoms with E-state index >= 15 is 0 Å². The van der Waals surface area contributed by atoms with E-state index in [9.17, 15) is 5.11 Å². The van der Waals surface area contributed by atoms with Crippen LogP contribution >= 0.6 is 0 Å². The van der Waals surface area contributed by atoms with Crippen molar-refractivity contribution in [1.29, 1.82) is 0 Å². The molecule has 2 heterocycles. The van der Waals surface area contributed by atoms with Crippen LogP contribution in [0.3, 0.4) is 0 Å². The molecule has 0 bridgehead atoms. The molecule has 1 aromatic rings. The number of fused-ring (bicyclic) bond motifs is 1. The first-order valence-corrected chi connectivity index (χ1v) is 11.5. The minimum Gasteiger partial charge on any atom is -0.406 e. The quantitative estimate of drug-likeness (QED) is 0.797. The molecule has 2 aliphatic rings. The summed E-state index contributed by atoms with van der Waals surface area (Å²) in [6.45, 7) is 6.93. The Morgan fingerprint density at radius 2 is 1.75 bits per heavy atom. The third-order valence-corrected chi connectivity index (χ3v) is 10.0. The Morgan fingerprint density at radius 3 is 2.38 bits per heavy atom. The Bertz CT molecular complexity index is 513. The average molecular weight is 353 g/mol. The van der Waals surface area contributed by atoms with Crippen LogP contribution in [0.2, 0.25) is 18.1 Å². The molecule has 1 N–H and O–H groups in total. The highest BCUT2D eigenvalue weighted by molar-refractivity contribution is 6.73. The second kappa shape index (κ2) is 7.64.